The largest absolute Gasteiger partial charge is 0.324 e. The van der Waals surface area contributed by atoms with Crippen molar-refractivity contribution in [3.63, 3.8) is 0 Å². The van der Waals surface area contributed by atoms with Gasteiger partial charge in [-0.05, 0) is 24.5 Å². The number of hydrogen-bond donors (Lipinski definition) is 1. The molecule has 0 amide bonds. The standard InChI is InChI=1S/C10H15FN2/c1-6(2)9(12)8-4-7(3)5-13-10(8)11/h4-6,9H,12H2,1-3H3/t9-/m0/s1. The summed E-state index contributed by atoms with van der Waals surface area (Å²) < 4.78 is 13.2. The lowest BCUT2D eigenvalue weighted by atomic mass is 9.97. The van der Waals surface area contributed by atoms with Crippen molar-refractivity contribution in [2.24, 2.45) is 11.7 Å². The molecule has 72 valence electrons. The fourth-order valence-corrected chi connectivity index (χ4v) is 1.17. The van der Waals surface area contributed by atoms with Crippen LogP contribution in [0.25, 0.3) is 0 Å². The van der Waals surface area contributed by atoms with Crippen molar-refractivity contribution in [2.45, 2.75) is 26.8 Å². The molecule has 1 aromatic heterocycles. The SMILES string of the molecule is Cc1cnc(F)c([C@@H](N)C(C)C)c1. The summed E-state index contributed by atoms with van der Waals surface area (Å²) in [5.74, 6) is -0.232. The predicted octanol–water partition coefficient (Wildman–Crippen LogP) is 2.18. The fourth-order valence-electron chi connectivity index (χ4n) is 1.17. The molecule has 0 spiro atoms. The highest BCUT2D eigenvalue weighted by atomic mass is 19.1. The van der Waals surface area contributed by atoms with Crippen LogP contribution in [0.2, 0.25) is 0 Å². The summed E-state index contributed by atoms with van der Waals surface area (Å²) in [7, 11) is 0. The number of aromatic nitrogens is 1. The maximum atomic E-state index is 13.2. The van der Waals surface area contributed by atoms with E-state index < -0.39 is 5.95 Å². The highest BCUT2D eigenvalue weighted by Gasteiger charge is 2.15. The molecule has 1 heterocycles. The van der Waals surface area contributed by atoms with Crippen LogP contribution in [0.5, 0.6) is 0 Å². The van der Waals surface area contributed by atoms with E-state index in [0.717, 1.165) is 5.56 Å². The number of hydrogen-bond acceptors (Lipinski definition) is 2. The highest BCUT2D eigenvalue weighted by molar-refractivity contribution is 5.21. The normalized spacial score (nSPS) is 13.4. The van der Waals surface area contributed by atoms with Gasteiger partial charge in [-0.15, -0.1) is 0 Å². The molecule has 1 atom stereocenters. The summed E-state index contributed by atoms with van der Waals surface area (Å²) in [5.41, 5.74) is 7.27. The third-order valence-corrected chi connectivity index (χ3v) is 2.08. The molecule has 0 unspecified atom stereocenters. The van der Waals surface area contributed by atoms with E-state index in [0.29, 0.717) is 5.56 Å². The first kappa shape index (κ1) is 10.1. The molecule has 1 aromatic rings. The van der Waals surface area contributed by atoms with Crippen LogP contribution in [-0.4, -0.2) is 4.98 Å². The highest BCUT2D eigenvalue weighted by Crippen LogP contribution is 2.21. The Balaban J connectivity index is 3.05. The molecular weight excluding hydrogens is 167 g/mol. The molecule has 0 fully saturated rings. The summed E-state index contributed by atoms with van der Waals surface area (Å²) in [5, 5.41) is 0. The summed E-state index contributed by atoms with van der Waals surface area (Å²) in [6, 6.07) is 1.49. The molecule has 13 heavy (non-hydrogen) atoms. The Morgan fingerprint density at radius 2 is 2.08 bits per heavy atom. The predicted molar refractivity (Wildman–Crippen MR) is 50.7 cm³/mol. The lowest BCUT2D eigenvalue weighted by molar-refractivity contribution is 0.471. The average molecular weight is 182 g/mol. The molecule has 0 saturated carbocycles. The van der Waals surface area contributed by atoms with Crippen molar-refractivity contribution in [3.8, 4) is 0 Å². The van der Waals surface area contributed by atoms with Crippen molar-refractivity contribution >= 4 is 0 Å². The summed E-state index contributed by atoms with van der Waals surface area (Å²) in [6.07, 6.45) is 1.51. The lowest BCUT2D eigenvalue weighted by Crippen LogP contribution is -2.18. The van der Waals surface area contributed by atoms with Crippen molar-refractivity contribution in [3.05, 3.63) is 29.3 Å². The van der Waals surface area contributed by atoms with E-state index in [4.69, 9.17) is 5.73 Å². The van der Waals surface area contributed by atoms with Gasteiger partial charge in [-0.1, -0.05) is 13.8 Å². The first-order chi connectivity index (χ1) is 6.02. The Labute approximate surface area is 78.0 Å². The van der Waals surface area contributed by atoms with E-state index in [1.807, 2.05) is 20.8 Å². The van der Waals surface area contributed by atoms with Gasteiger partial charge < -0.3 is 5.73 Å². The van der Waals surface area contributed by atoms with E-state index >= 15 is 0 Å². The van der Waals surface area contributed by atoms with Gasteiger partial charge in [-0.3, -0.25) is 0 Å². The van der Waals surface area contributed by atoms with E-state index in [9.17, 15) is 4.39 Å². The minimum Gasteiger partial charge on any atom is -0.324 e. The molecule has 1 rings (SSSR count). The molecule has 2 nitrogen and oxygen atoms in total. The topological polar surface area (TPSA) is 38.9 Å². The first-order valence-electron chi connectivity index (χ1n) is 4.40. The quantitative estimate of drug-likeness (QED) is 0.712. The third-order valence-electron chi connectivity index (χ3n) is 2.08. The van der Waals surface area contributed by atoms with E-state index in [1.54, 1.807) is 6.07 Å². The second-order valence-corrected chi connectivity index (χ2v) is 3.66. The molecule has 0 aliphatic carbocycles. The van der Waals surface area contributed by atoms with Crippen molar-refractivity contribution in [2.75, 3.05) is 0 Å². The van der Waals surface area contributed by atoms with Crippen LogP contribution in [0, 0.1) is 18.8 Å². The van der Waals surface area contributed by atoms with Crippen LogP contribution >= 0.6 is 0 Å². The van der Waals surface area contributed by atoms with Crippen molar-refractivity contribution < 1.29 is 4.39 Å². The zero-order valence-corrected chi connectivity index (χ0v) is 8.21. The third kappa shape index (κ3) is 2.25. The Morgan fingerprint density at radius 3 is 2.62 bits per heavy atom. The second kappa shape index (κ2) is 3.83. The Bertz CT molecular complexity index is 297. The van der Waals surface area contributed by atoms with Gasteiger partial charge in [0.15, 0.2) is 0 Å². The number of aryl methyl sites for hydroxylation is 1. The van der Waals surface area contributed by atoms with Gasteiger partial charge in [0, 0.05) is 17.8 Å². The van der Waals surface area contributed by atoms with Crippen molar-refractivity contribution in [1.29, 1.82) is 0 Å². The van der Waals surface area contributed by atoms with Crippen LogP contribution in [0.15, 0.2) is 12.3 Å². The summed E-state index contributed by atoms with van der Waals surface area (Å²) in [4.78, 5) is 3.64. The van der Waals surface area contributed by atoms with E-state index in [1.165, 1.54) is 6.20 Å². The summed E-state index contributed by atoms with van der Waals surface area (Å²) in [6.45, 7) is 5.81. The molecule has 2 N–H and O–H groups in total. The number of nitrogens with zero attached hydrogens (tertiary/aromatic N) is 1. The molecule has 0 radical (unpaired) electrons. The minimum absolute atomic E-state index is 0.220. The monoisotopic (exact) mass is 182 g/mol. The van der Waals surface area contributed by atoms with Gasteiger partial charge >= 0.3 is 0 Å². The van der Waals surface area contributed by atoms with Gasteiger partial charge in [-0.2, -0.15) is 4.39 Å². The van der Waals surface area contributed by atoms with E-state index in [-0.39, 0.29) is 12.0 Å². The zero-order valence-electron chi connectivity index (χ0n) is 8.21. The zero-order chi connectivity index (χ0) is 10.0. The molecule has 0 aromatic carbocycles. The molecule has 0 aliphatic rings. The van der Waals surface area contributed by atoms with E-state index in [2.05, 4.69) is 4.98 Å². The molecule has 0 bridgehead atoms. The minimum atomic E-state index is -0.452. The maximum Gasteiger partial charge on any atom is 0.217 e. The molecular formula is C10H15FN2. The van der Waals surface area contributed by atoms with Crippen LogP contribution in [0.4, 0.5) is 4.39 Å². The Hall–Kier alpha value is -0.960. The Morgan fingerprint density at radius 1 is 1.46 bits per heavy atom. The van der Waals surface area contributed by atoms with Gasteiger partial charge in [0.1, 0.15) is 0 Å². The van der Waals surface area contributed by atoms with Gasteiger partial charge in [0.05, 0.1) is 0 Å². The molecule has 0 saturated heterocycles. The van der Waals surface area contributed by atoms with Crippen LogP contribution < -0.4 is 5.73 Å². The second-order valence-electron chi connectivity index (χ2n) is 3.66. The van der Waals surface area contributed by atoms with Crippen LogP contribution in [0.1, 0.15) is 31.0 Å². The molecule has 3 heteroatoms. The first-order valence-corrected chi connectivity index (χ1v) is 4.40. The Kier molecular flexibility index (Phi) is 2.98. The smallest absolute Gasteiger partial charge is 0.217 e. The van der Waals surface area contributed by atoms with Crippen molar-refractivity contribution in [1.82, 2.24) is 4.98 Å². The lowest BCUT2D eigenvalue weighted by Gasteiger charge is -2.16. The maximum absolute atomic E-state index is 13.2. The number of rotatable bonds is 2. The molecule has 0 aliphatic heterocycles. The van der Waals surface area contributed by atoms with Gasteiger partial charge in [0.2, 0.25) is 5.95 Å². The fraction of sp³-hybridized carbons (Fsp3) is 0.500. The number of halogens is 1. The van der Waals surface area contributed by atoms with Crippen LogP contribution in [0.3, 0.4) is 0 Å². The number of nitrogens with two attached hydrogens (primary N) is 1. The van der Waals surface area contributed by atoms with Crippen LogP contribution in [-0.2, 0) is 0 Å². The summed E-state index contributed by atoms with van der Waals surface area (Å²) >= 11 is 0. The van der Waals surface area contributed by atoms with Gasteiger partial charge in [-0.25, -0.2) is 4.98 Å². The number of pyridine rings is 1. The average Bonchev–Trinajstić information content (AvgIpc) is 2.08. The van der Waals surface area contributed by atoms with Gasteiger partial charge in [0.25, 0.3) is 0 Å².